The zero-order chi connectivity index (χ0) is 36.7. The van der Waals surface area contributed by atoms with E-state index >= 15 is 0 Å². The van der Waals surface area contributed by atoms with Gasteiger partial charge < -0.3 is 42.4 Å². The maximum atomic E-state index is 13.9. The van der Waals surface area contributed by atoms with Crippen molar-refractivity contribution in [2.75, 3.05) is 20.3 Å². The van der Waals surface area contributed by atoms with Gasteiger partial charge in [0.2, 0.25) is 5.43 Å². The van der Waals surface area contributed by atoms with E-state index in [1.54, 1.807) is 24.3 Å². The van der Waals surface area contributed by atoms with Gasteiger partial charge in [-0.1, -0.05) is 12.1 Å². The minimum absolute atomic E-state index is 0.0949. The van der Waals surface area contributed by atoms with E-state index in [1.165, 1.54) is 13.2 Å². The van der Waals surface area contributed by atoms with Crippen molar-refractivity contribution >= 4 is 40.8 Å². The fourth-order valence-electron chi connectivity index (χ4n) is 5.25. The normalized spacial score (nSPS) is 19.8. The number of carbonyl (C=O) groups excluding carboxylic acids is 5. The minimum Gasteiger partial charge on any atom is -0.497 e. The zero-order valence-electron chi connectivity index (χ0n) is 27.2. The molecular formula is C32H31NO17. The second-order valence-corrected chi connectivity index (χ2v) is 10.7. The molecule has 0 saturated carbocycles. The van der Waals surface area contributed by atoms with Crippen LogP contribution in [0.15, 0.2) is 51.9 Å². The Labute approximate surface area is 282 Å². The molecule has 4 rings (SSSR count). The second kappa shape index (κ2) is 15.9. The third-order valence-corrected chi connectivity index (χ3v) is 7.13. The minimum atomic E-state index is -1.70. The molecule has 0 N–H and O–H groups in total. The molecule has 2 aromatic carbocycles. The lowest BCUT2D eigenvalue weighted by atomic mass is 9.89. The van der Waals surface area contributed by atoms with Crippen LogP contribution >= 0.6 is 0 Å². The van der Waals surface area contributed by atoms with Crippen LogP contribution in [0.2, 0.25) is 0 Å². The first-order valence-electron chi connectivity index (χ1n) is 14.7. The first-order chi connectivity index (χ1) is 23.7. The number of nitrogens with zero attached hydrogens (tertiary/aromatic N) is 1. The van der Waals surface area contributed by atoms with Gasteiger partial charge in [-0.25, -0.2) is 4.79 Å². The average Bonchev–Trinajstić information content (AvgIpc) is 3.04. The lowest BCUT2D eigenvalue weighted by Crippen LogP contribution is -2.59. The molecule has 0 aliphatic carbocycles. The Morgan fingerprint density at radius 3 is 2.04 bits per heavy atom. The molecule has 0 amide bonds. The zero-order valence-corrected chi connectivity index (χ0v) is 27.2. The molecule has 1 aliphatic rings. The van der Waals surface area contributed by atoms with Crippen molar-refractivity contribution in [1.82, 2.24) is 0 Å². The van der Waals surface area contributed by atoms with Gasteiger partial charge in [-0.2, -0.15) is 0 Å². The average molecular weight is 702 g/mol. The molecule has 266 valence electrons. The quantitative estimate of drug-likeness (QED) is 0.0867. The third kappa shape index (κ3) is 8.70. The number of rotatable bonds is 12. The van der Waals surface area contributed by atoms with E-state index in [2.05, 4.69) is 4.84 Å². The van der Waals surface area contributed by atoms with Crippen molar-refractivity contribution in [3.05, 3.63) is 68.6 Å². The summed E-state index contributed by atoms with van der Waals surface area (Å²) < 4.78 is 44.4. The van der Waals surface area contributed by atoms with E-state index in [1.807, 2.05) is 0 Å². The molecule has 0 radical (unpaired) electrons. The van der Waals surface area contributed by atoms with E-state index < -0.39 is 89.8 Å². The molecule has 1 aliphatic heterocycles. The largest absolute Gasteiger partial charge is 0.497 e. The summed E-state index contributed by atoms with van der Waals surface area (Å²) in [6.07, 6.45) is -6.85. The van der Waals surface area contributed by atoms with Crippen LogP contribution in [0.3, 0.4) is 0 Å². The fraction of sp³-hybridized carbons (Fsp3) is 0.375. The molecule has 2 heterocycles. The summed E-state index contributed by atoms with van der Waals surface area (Å²) in [6.45, 7) is 2.46. The highest BCUT2D eigenvalue weighted by Crippen LogP contribution is 2.44. The number of hydrogen-bond acceptors (Lipinski definition) is 17. The lowest BCUT2D eigenvalue weighted by Gasteiger charge is -2.44. The predicted octanol–water partition coefficient (Wildman–Crippen LogP) is 2.38. The van der Waals surface area contributed by atoms with Crippen molar-refractivity contribution in [2.24, 2.45) is 0 Å². The summed E-state index contributed by atoms with van der Waals surface area (Å²) >= 11 is 0. The van der Waals surface area contributed by atoms with E-state index in [4.69, 9.17) is 37.6 Å². The number of hydrogen-bond donors (Lipinski definition) is 0. The Morgan fingerprint density at radius 2 is 1.46 bits per heavy atom. The molecule has 0 spiro atoms. The standard InChI is InChI=1S/C32H31NO17/c1-15(34)43-13-24-29(46-16(2)35)31(47-17(3)36)32(48-18(4)37)30(50-24)26-23(49-25(38)14-45-33(40)41)11-10-21-27(39)22(12-44-28(21)26)19-6-8-20(42-5)9-7-19/h6-12,24,29-32H,13-14H2,1-5H3/t24-,29-,30+,31+,32+/m1/s1. The molecule has 0 bridgehead atoms. The van der Waals surface area contributed by atoms with Crippen molar-refractivity contribution in [3.8, 4) is 22.6 Å². The molecule has 1 saturated heterocycles. The number of carbonyl (C=O) groups is 5. The number of ether oxygens (including phenoxy) is 7. The molecule has 1 fully saturated rings. The first-order valence-corrected chi connectivity index (χ1v) is 14.7. The SMILES string of the molecule is COc1ccc(-c2coc3c([C@@H]4O[C@H](COC(C)=O)[C@@H](OC(C)=O)[C@H](OC(C)=O)[C@H]4OC(C)=O)c(OC(=O)CO[N+](=O)[O-])ccc3c2=O)cc1. The van der Waals surface area contributed by atoms with Crippen LogP contribution in [-0.4, -0.2) is 79.7 Å². The van der Waals surface area contributed by atoms with Crippen molar-refractivity contribution in [1.29, 1.82) is 0 Å². The predicted molar refractivity (Wildman–Crippen MR) is 164 cm³/mol. The van der Waals surface area contributed by atoms with Gasteiger partial charge in [0.1, 0.15) is 42.2 Å². The van der Waals surface area contributed by atoms with Crippen LogP contribution in [0, 0.1) is 10.1 Å². The first kappa shape index (κ1) is 36.8. The summed E-state index contributed by atoms with van der Waals surface area (Å²) in [5.74, 6) is -4.62. The molecule has 18 nitrogen and oxygen atoms in total. The summed E-state index contributed by atoms with van der Waals surface area (Å²) in [5, 5.41) is 9.41. The van der Waals surface area contributed by atoms with E-state index in [9.17, 15) is 38.9 Å². The highest BCUT2D eigenvalue weighted by molar-refractivity contribution is 5.87. The van der Waals surface area contributed by atoms with Crippen molar-refractivity contribution in [2.45, 2.75) is 58.2 Å². The molecular weight excluding hydrogens is 670 g/mol. The fourth-order valence-corrected chi connectivity index (χ4v) is 5.25. The topological polar surface area (TPSA) is 233 Å². The van der Waals surface area contributed by atoms with Gasteiger partial charge in [0.05, 0.1) is 23.6 Å². The van der Waals surface area contributed by atoms with Gasteiger partial charge in [0.25, 0.3) is 5.09 Å². The van der Waals surface area contributed by atoms with Gasteiger partial charge in [-0.05, 0) is 29.8 Å². The Morgan fingerprint density at radius 1 is 0.840 bits per heavy atom. The molecule has 0 unspecified atom stereocenters. The lowest BCUT2D eigenvalue weighted by molar-refractivity contribution is -0.754. The van der Waals surface area contributed by atoms with Crippen LogP contribution in [0.4, 0.5) is 0 Å². The monoisotopic (exact) mass is 701 g/mol. The van der Waals surface area contributed by atoms with Gasteiger partial charge in [0.15, 0.2) is 24.9 Å². The Hall–Kier alpha value is -6.04. The third-order valence-electron chi connectivity index (χ3n) is 7.13. The van der Waals surface area contributed by atoms with Crippen LogP contribution in [0.1, 0.15) is 39.4 Å². The molecule has 50 heavy (non-hydrogen) atoms. The molecule has 1 aromatic heterocycles. The molecule has 18 heteroatoms. The number of esters is 5. The molecule has 5 atom stereocenters. The smallest absolute Gasteiger partial charge is 0.337 e. The summed E-state index contributed by atoms with van der Waals surface area (Å²) in [5.41, 5.74) is -0.557. The number of benzene rings is 2. The summed E-state index contributed by atoms with van der Waals surface area (Å²) in [4.78, 5) is 90.2. The maximum absolute atomic E-state index is 13.9. The Balaban J connectivity index is 1.99. The molecule has 3 aromatic rings. The summed E-state index contributed by atoms with van der Waals surface area (Å²) in [7, 11) is 1.47. The maximum Gasteiger partial charge on any atom is 0.337 e. The van der Waals surface area contributed by atoms with Gasteiger partial charge in [0, 0.05) is 27.7 Å². The highest BCUT2D eigenvalue weighted by Gasteiger charge is 2.54. The van der Waals surface area contributed by atoms with Gasteiger partial charge in [-0.3, -0.25) is 24.0 Å². The van der Waals surface area contributed by atoms with Crippen LogP contribution < -0.4 is 14.9 Å². The highest BCUT2D eigenvalue weighted by atomic mass is 17.0. The Bertz CT molecular complexity index is 1850. The number of methoxy groups -OCH3 is 1. The van der Waals surface area contributed by atoms with Crippen molar-refractivity contribution in [3.63, 3.8) is 0 Å². The van der Waals surface area contributed by atoms with E-state index in [0.29, 0.717) is 11.3 Å². The van der Waals surface area contributed by atoms with E-state index in [-0.39, 0.29) is 22.1 Å². The van der Waals surface area contributed by atoms with Crippen LogP contribution in [0.5, 0.6) is 11.5 Å². The van der Waals surface area contributed by atoms with Gasteiger partial charge in [-0.15, -0.1) is 10.1 Å². The van der Waals surface area contributed by atoms with Crippen molar-refractivity contribution < 1.29 is 71.5 Å². The number of fused-ring (bicyclic) bond motifs is 1. The van der Waals surface area contributed by atoms with Crippen LogP contribution in [0.25, 0.3) is 22.1 Å². The Kier molecular flexibility index (Phi) is 11.7. The van der Waals surface area contributed by atoms with E-state index in [0.717, 1.165) is 40.0 Å². The summed E-state index contributed by atoms with van der Waals surface area (Å²) in [6, 6.07) is 8.88. The second-order valence-electron chi connectivity index (χ2n) is 10.7. The van der Waals surface area contributed by atoms with Crippen LogP contribution in [-0.2, 0) is 52.5 Å². The van der Waals surface area contributed by atoms with Gasteiger partial charge >= 0.3 is 29.8 Å².